The van der Waals surface area contributed by atoms with Crippen molar-refractivity contribution >= 4 is 29.1 Å². The molecule has 0 bridgehead atoms. The molecule has 1 aromatic carbocycles. The second-order valence-electron chi connectivity index (χ2n) is 5.22. The molecule has 1 aliphatic rings. The normalized spacial score (nSPS) is 18.1. The third kappa shape index (κ3) is 3.76. The molecule has 0 spiro atoms. The number of carbonyl (C=O) groups excluding carboxylic acids is 2. The molecular formula is C16H21ClN2O2. The number of carbonyl (C=O) groups is 2. The lowest BCUT2D eigenvalue weighted by molar-refractivity contribution is -0.126. The average Bonchev–Trinajstić information content (AvgIpc) is 2.89. The second-order valence-corrected chi connectivity index (χ2v) is 5.60. The topological polar surface area (TPSA) is 49.4 Å². The van der Waals surface area contributed by atoms with Crippen molar-refractivity contribution in [2.24, 2.45) is 5.92 Å². The number of hydrogen-bond donors (Lipinski definition) is 1. The van der Waals surface area contributed by atoms with Crippen molar-refractivity contribution in [3.8, 4) is 0 Å². The Bertz CT molecular complexity index is 519. The van der Waals surface area contributed by atoms with Gasteiger partial charge in [0.1, 0.15) is 0 Å². The molecule has 1 N–H and O–H groups in total. The van der Waals surface area contributed by atoms with E-state index in [4.69, 9.17) is 11.6 Å². The van der Waals surface area contributed by atoms with Gasteiger partial charge in [-0.3, -0.25) is 9.59 Å². The molecule has 1 aromatic rings. The van der Waals surface area contributed by atoms with Crippen molar-refractivity contribution in [2.45, 2.75) is 26.2 Å². The maximum absolute atomic E-state index is 12.2. The molecule has 1 fully saturated rings. The van der Waals surface area contributed by atoms with Gasteiger partial charge in [-0.1, -0.05) is 25.1 Å². The molecule has 0 aliphatic carbocycles. The van der Waals surface area contributed by atoms with Gasteiger partial charge in [0.15, 0.2) is 0 Å². The van der Waals surface area contributed by atoms with Crippen molar-refractivity contribution in [3.63, 3.8) is 0 Å². The summed E-state index contributed by atoms with van der Waals surface area (Å²) in [6, 6.07) is 7.87. The summed E-state index contributed by atoms with van der Waals surface area (Å²) in [6.45, 7) is 3.09. The van der Waals surface area contributed by atoms with Crippen LogP contribution in [-0.4, -0.2) is 30.8 Å². The number of hydrogen-bond acceptors (Lipinski definition) is 2. The van der Waals surface area contributed by atoms with Crippen LogP contribution in [0.5, 0.6) is 0 Å². The molecule has 0 saturated carbocycles. The van der Waals surface area contributed by atoms with Crippen LogP contribution in [0.1, 0.15) is 25.3 Å². The first-order valence-electron chi connectivity index (χ1n) is 7.39. The number of nitrogens with one attached hydrogen (secondary N) is 1. The highest BCUT2D eigenvalue weighted by atomic mass is 35.5. The number of rotatable bonds is 6. The number of benzene rings is 1. The fraction of sp³-hybridized carbons (Fsp3) is 0.500. The van der Waals surface area contributed by atoms with Crippen LogP contribution in [0.3, 0.4) is 0 Å². The largest absolute Gasteiger partial charge is 0.356 e. The van der Waals surface area contributed by atoms with Crippen molar-refractivity contribution in [1.29, 1.82) is 0 Å². The molecule has 1 heterocycles. The number of para-hydroxylation sites is 1. The lowest BCUT2D eigenvalue weighted by Gasteiger charge is -2.19. The molecule has 21 heavy (non-hydrogen) atoms. The molecule has 1 unspecified atom stereocenters. The molecular weight excluding hydrogens is 288 g/mol. The van der Waals surface area contributed by atoms with Gasteiger partial charge in [0.05, 0.1) is 5.92 Å². The summed E-state index contributed by atoms with van der Waals surface area (Å²) >= 11 is 5.59. The first kappa shape index (κ1) is 15.8. The van der Waals surface area contributed by atoms with Crippen LogP contribution in [0.15, 0.2) is 24.3 Å². The minimum atomic E-state index is -0.266. The zero-order chi connectivity index (χ0) is 15.2. The van der Waals surface area contributed by atoms with Gasteiger partial charge in [-0.25, -0.2) is 0 Å². The standard InChI is InChI=1S/C16H21ClN2O2/c1-2-12-6-3-4-7-14(12)19-11-13(10-15(19)20)16(21)18-9-5-8-17/h3-4,6-7,13H,2,5,8-11H2,1H3,(H,18,21). The molecule has 1 saturated heterocycles. The van der Waals surface area contributed by atoms with Crippen molar-refractivity contribution in [2.75, 3.05) is 23.9 Å². The fourth-order valence-corrected chi connectivity index (χ4v) is 2.75. The van der Waals surface area contributed by atoms with E-state index in [2.05, 4.69) is 12.2 Å². The summed E-state index contributed by atoms with van der Waals surface area (Å²) in [5.41, 5.74) is 2.06. The van der Waals surface area contributed by atoms with E-state index < -0.39 is 0 Å². The zero-order valence-corrected chi connectivity index (χ0v) is 13.0. The predicted octanol–water partition coefficient (Wildman–Crippen LogP) is 2.35. The summed E-state index contributed by atoms with van der Waals surface area (Å²) in [6.07, 6.45) is 1.90. The van der Waals surface area contributed by atoms with E-state index >= 15 is 0 Å². The highest BCUT2D eigenvalue weighted by Crippen LogP contribution is 2.28. The van der Waals surface area contributed by atoms with Crippen LogP contribution < -0.4 is 10.2 Å². The molecule has 114 valence electrons. The maximum atomic E-state index is 12.2. The first-order chi connectivity index (χ1) is 10.2. The Morgan fingerprint density at radius 2 is 2.19 bits per heavy atom. The quantitative estimate of drug-likeness (QED) is 0.648. The van der Waals surface area contributed by atoms with Gasteiger partial charge in [-0.05, 0) is 24.5 Å². The van der Waals surface area contributed by atoms with Gasteiger partial charge in [-0.15, -0.1) is 11.6 Å². The Morgan fingerprint density at radius 3 is 2.90 bits per heavy atom. The summed E-state index contributed by atoms with van der Waals surface area (Å²) in [5.74, 6) is 0.232. The number of aryl methyl sites for hydroxylation is 1. The minimum absolute atomic E-state index is 0.0217. The van der Waals surface area contributed by atoms with Gasteiger partial charge in [0.2, 0.25) is 11.8 Å². The van der Waals surface area contributed by atoms with E-state index in [-0.39, 0.29) is 24.2 Å². The molecule has 5 heteroatoms. The number of nitrogens with zero attached hydrogens (tertiary/aromatic N) is 1. The lowest BCUT2D eigenvalue weighted by atomic mass is 10.1. The molecule has 1 atom stereocenters. The number of alkyl halides is 1. The third-order valence-electron chi connectivity index (χ3n) is 3.77. The highest BCUT2D eigenvalue weighted by Gasteiger charge is 2.35. The summed E-state index contributed by atoms with van der Waals surface area (Å²) < 4.78 is 0. The summed E-state index contributed by atoms with van der Waals surface area (Å²) in [4.78, 5) is 26.0. The van der Waals surface area contributed by atoms with Gasteiger partial charge in [0.25, 0.3) is 0 Å². The lowest BCUT2D eigenvalue weighted by Crippen LogP contribution is -2.33. The predicted molar refractivity (Wildman–Crippen MR) is 84.6 cm³/mol. The third-order valence-corrected chi connectivity index (χ3v) is 4.04. The van der Waals surface area contributed by atoms with Gasteiger partial charge in [-0.2, -0.15) is 0 Å². The SMILES string of the molecule is CCc1ccccc1N1CC(C(=O)NCCCCl)CC1=O. The first-order valence-corrected chi connectivity index (χ1v) is 7.92. The van der Waals surface area contributed by atoms with E-state index in [9.17, 15) is 9.59 Å². The molecule has 0 aromatic heterocycles. The van der Waals surface area contributed by atoms with E-state index in [0.29, 0.717) is 19.0 Å². The Morgan fingerprint density at radius 1 is 1.43 bits per heavy atom. The number of halogens is 1. The van der Waals surface area contributed by atoms with Gasteiger partial charge in [0, 0.05) is 31.1 Å². The number of anilines is 1. The van der Waals surface area contributed by atoms with Gasteiger partial charge < -0.3 is 10.2 Å². The van der Waals surface area contributed by atoms with Crippen molar-refractivity contribution < 1.29 is 9.59 Å². The number of amides is 2. The molecule has 2 amide bonds. The highest BCUT2D eigenvalue weighted by molar-refractivity contribution is 6.17. The van der Waals surface area contributed by atoms with E-state index in [1.54, 1.807) is 4.90 Å². The Hall–Kier alpha value is -1.55. The van der Waals surface area contributed by atoms with Crippen LogP contribution >= 0.6 is 11.6 Å². The monoisotopic (exact) mass is 308 g/mol. The van der Waals surface area contributed by atoms with Gasteiger partial charge >= 0.3 is 0 Å². The minimum Gasteiger partial charge on any atom is -0.356 e. The summed E-state index contributed by atoms with van der Waals surface area (Å²) in [7, 11) is 0. The fourth-order valence-electron chi connectivity index (χ4n) is 2.61. The van der Waals surface area contributed by atoms with Crippen molar-refractivity contribution in [1.82, 2.24) is 5.32 Å². The average molecular weight is 309 g/mol. The van der Waals surface area contributed by atoms with E-state index in [0.717, 1.165) is 24.1 Å². The van der Waals surface area contributed by atoms with E-state index in [1.807, 2.05) is 24.3 Å². The van der Waals surface area contributed by atoms with Crippen LogP contribution in [0.25, 0.3) is 0 Å². The summed E-state index contributed by atoms with van der Waals surface area (Å²) in [5, 5.41) is 2.84. The maximum Gasteiger partial charge on any atom is 0.227 e. The Labute approximate surface area is 130 Å². The zero-order valence-electron chi connectivity index (χ0n) is 12.3. The molecule has 4 nitrogen and oxygen atoms in total. The van der Waals surface area contributed by atoms with Crippen LogP contribution in [0, 0.1) is 5.92 Å². The van der Waals surface area contributed by atoms with Crippen LogP contribution in [0.4, 0.5) is 5.69 Å². The molecule has 1 aliphatic heterocycles. The van der Waals surface area contributed by atoms with Crippen LogP contribution in [-0.2, 0) is 16.0 Å². The smallest absolute Gasteiger partial charge is 0.227 e. The Balaban J connectivity index is 2.04. The molecule has 0 radical (unpaired) electrons. The Kier molecular flexibility index (Phi) is 5.62. The van der Waals surface area contributed by atoms with E-state index in [1.165, 1.54) is 0 Å². The van der Waals surface area contributed by atoms with Crippen molar-refractivity contribution in [3.05, 3.63) is 29.8 Å². The van der Waals surface area contributed by atoms with Crippen LogP contribution in [0.2, 0.25) is 0 Å². The molecule has 2 rings (SSSR count). The second kappa shape index (κ2) is 7.46.